The minimum atomic E-state index is -0.440. The molecule has 1 amide bonds. The van der Waals surface area contributed by atoms with Crippen LogP contribution in [0.15, 0.2) is 24.8 Å². The number of carbonyl (C=O) groups excluding carboxylic acids is 1. The number of piperidine rings is 1. The normalized spacial score (nSPS) is 17.0. The highest BCUT2D eigenvalue weighted by atomic mass is 16.7. The summed E-state index contributed by atoms with van der Waals surface area (Å²) in [5.74, 6) is 1.71. The van der Waals surface area contributed by atoms with Gasteiger partial charge < -0.3 is 19.7 Å². The number of rotatable bonds is 9. The number of nitrogens with one attached hydrogen (secondary N) is 1. The number of amides is 1. The first-order valence-corrected chi connectivity index (χ1v) is 10.5. The number of methoxy groups -OCH3 is 2. The molecule has 1 unspecified atom stereocenters. The molecule has 1 aliphatic rings. The minimum Gasteiger partial charge on any atom is -0.354 e. The molecule has 0 aliphatic carbocycles. The van der Waals surface area contributed by atoms with E-state index in [2.05, 4.69) is 29.0 Å². The van der Waals surface area contributed by atoms with Gasteiger partial charge in [-0.3, -0.25) is 9.36 Å². The van der Waals surface area contributed by atoms with Gasteiger partial charge in [0.05, 0.1) is 12.2 Å². The molecule has 164 valence electrons. The fourth-order valence-corrected chi connectivity index (χ4v) is 3.64. The Morgan fingerprint density at radius 1 is 1.27 bits per heavy atom. The van der Waals surface area contributed by atoms with Crippen molar-refractivity contribution in [3.05, 3.63) is 30.5 Å². The summed E-state index contributed by atoms with van der Waals surface area (Å²) in [7, 11) is 3.12. The van der Waals surface area contributed by atoms with Crippen molar-refractivity contribution in [2.75, 3.05) is 32.2 Å². The van der Waals surface area contributed by atoms with Crippen LogP contribution in [-0.2, 0) is 14.3 Å². The van der Waals surface area contributed by atoms with Crippen molar-refractivity contribution in [3.63, 3.8) is 0 Å². The molecule has 0 saturated carbocycles. The maximum atomic E-state index is 12.6. The number of hydrogen-bond donors (Lipinski definition) is 1. The average molecular weight is 417 g/mol. The molecule has 0 aromatic carbocycles. The summed E-state index contributed by atoms with van der Waals surface area (Å²) >= 11 is 0. The van der Waals surface area contributed by atoms with Gasteiger partial charge in [0.15, 0.2) is 6.29 Å². The molecule has 30 heavy (non-hydrogen) atoms. The van der Waals surface area contributed by atoms with Crippen LogP contribution in [0.1, 0.15) is 51.1 Å². The van der Waals surface area contributed by atoms with Gasteiger partial charge in [0, 0.05) is 51.7 Å². The van der Waals surface area contributed by atoms with E-state index >= 15 is 0 Å². The number of aromatic nitrogens is 4. The van der Waals surface area contributed by atoms with E-state index < -0.39 is 6.29 Å². The van der Waals surface area contributed by atoms with Crippen LogP contribution in [0, 0.1) is 0 Å². The van der Waals surface area contributed by atoms with Crippen molar-refractivity contribution in [3.8, 4) is 5.95 Å². The van der Waals surface area contributed by atoms with Crippen molar-refractivity contribution < 1.29 is 14.3 Å². The zero-order chi connectivity index (χ0) is 21.5. The van der Waals surface area contributed by atoms with Crippen LogP contribution in [0.5, 0.6) is 0 Å². The Hall–Kier alpha value is -2.52. The quantitative estimate of drug-likeness (QED) is 0.627. The van der Waals surface area contributed by atoms with Gasteiger partial charge >= 0.3 is 0 Å². The van der Waals surface area contributed by atoms with Gasteiger partial charge in [0.1, 0.15) is 12.1 Å². The van der Waals surface area contributed by atoms with E-state index in [1.165, 1.54) is 0 Å². The van der Waals surface area contributed by atoms with Gasteiger partial charge in [-0.05, 0) is 25.2 Å². The fraction of sp³-hybridized carbons (Fsp3) is 0.619. The summed E-state index contributed by atoms with van der Waals surface area (Å²) in [6.07, 6.45) is 8.35. The molecule has 2 aromatic heterocycles. The number of hydrogen-bond acceptors (Lipinski definition) is 7. The van der Waals surface area contributed by atoms with Crippen LogP contribution < -0.4 is 10.2 Å². The Kier molecular flexibility index (Phi) is 7.75. The Balaban J connectivity index is 1.79. The molecule has 2 aromatic rings. The van der Waals surface area contributed by atoms with E-state index in [9.17, 15) is 4.79 Å². The van der Waals surface area contributed by atoms with Crippen molar-refractivity contribution in [1.82, 2.24) is 24.8 Å². The zero-order valence-electron chi connectivity index (χ0n) is 18.2. The van der Waals surface area contributed by atoms with Crippen molar-refractivity contribution in [1.29, 1.82) is 0 Å². The molecular formula is C21H32N6O3. The third-order valence-electron chi connectivity index (χ3n) is 5.38. The molecule has 1 atom stereocenters. The third kappa shape index (κ3) is 5.54. The lowest BCUT2D eigenvalue weighted by atomic mass is 9.98. The molecule has 1 fully saturated rings. The molecule has 0 bridgehead atoms. The average Bonchev–Trinajstić information content (AvgIpc) is 3.29. The molecule has 9 nitrogen and oxygen atoms in total. The molecule has 9 heteroatoms. The van der Waals surface area contributed by atoms with Crippen LogP contribution in [-0.4, -0.2) is 65.1 Å². The van der Waals surface area contributed by atoms with E-state index in [1.54, 1.807) is 26.7 Å². The lowest BCUT2D eigenvalue weighted by Gasteiger charge is -2.36. The number of nitrogens with zero attached hydrogens (tertiary/aromatic N) is 5. The largest absolute Gasteiger partial charge is 0.354 e. The molecule has 1 saturated heterocycles. The maximum absolute atomic E-state index is 12.6. The highest BCUT2D eigenvalue weighted by Crippen LogP contribution is 2.28. The molecule has 0 radical (unpaired) electrons. The second-order valence-corrected chi connectivity index (χ2v) is 7.83. The van der Waals surface area contributed by atoms with E-state index in [4.69, 9.17) is 19.4 Å². The highest BCUT2D eigenvalue weighted by molar-refractivity contribution is 5.77. The van der Waals surface area contributed by atoms with Gasteiger partial charge in [0.2, 0.25) is 11.9 Å². The van der Waals surface area contributed by atoms with Gasteiger partial charge in [-0.15, -0.1) is 0 Å². The van der Waals surface area contributed by atoms with Crippen LogP contribution in [0.4, 0.5) is 5.82 Å². The van der Waals surface area contributed by atoms with Gasteiger partial charge in [-0.1, -0.05) is 13.8 Å². The second-order valence-electron chi connectivity index (χ2n) is 7.83. The number of imidazole rings is 1. The summed E-state index contributed by atoms with van der Waals surface area (Å²) in [5.41, 5.74) is 0.973. The summed E-state index contributed by atoms with van der Waals surface area (Å²) in [6, 6.07) is 2.14. The molecule has 3 heterocycles. The van der Waals surface area contributed by atoms with Crippen LogP contribution in [0.2, 0.25) is 0 Å². The van der Waals surface area contributed by atoms with Gasteiger partial charge in [0.25, 0.3) is 0 Å². The third-order valence-corrected chi connectivity index (χ3v) is 5.38. The first-order chi connectivity index (χ1) is 14.5. The predicted octanol–water partition coefficient (Wildman–Crippen LogP) is 2.27. The topological polar surface area (TPSA) is 94.4 Å². The minimum absolute atomic E-state index is 0.0148. The predicted molar refractivity (Wildman–Crippen MR) is 114 cm³/mol. The monoisotopic (exact) mass is 416 g/mol. The van der Waals surface area contributed by atoms with Gasteiger partial charge in [-0.25, -0.2) is 9.97 Å². The van der Waals surface area contributed by atoms with E-state index in [1.807, 2.05) is 16.8 Å². The van der Waals surface area contributed by atoms with E-state index in [0.29, 0.717) is 18.9 Å². The van der Waals surface area contributed by atoms with Crippen molar-refractivity contribution in [2.24, 2.45) is 0 Å². The van der Waals surface area contributed by atoms with Crippen molar-refractivity contribution >= 4 is 11.7 Å². The first-order valence-electron chi connectivity index (χ1n) is 10.5. The summed E-state index contributed by atoms with van der Waals surface area (Å²) in [5, 5.41) is 2.91. The summed E-state index contributed by atoms with van der Waals surface area (Å²) < 4.78 is 12.1. The maximum Gasteiger partial charge on any atom is 0.237 e. The van der Waals surface area contributed by atoms with E-state index in [0.717, 1.165) is 37.3 Å². The molecule has 3 rings (SSSR count). The number of anilines is 1. The highest BCUT2D eigenvalue weighted by Gasteiger charge is 2.27. The van der Waals surface area contributed by atoms with Crippen LogP contribution in [0.25, 0.3) is 5.95 Å². The molecule has 1 N–H and O–H groups in total. The first kappa shape index (κ1) is 22.2. The SMILES string of the molecule is COC(CNC(=O)CC1CCCCN1c1cc(C(C)C)nc(-n2ccnc2)n1)OC. The smallest absolute Gasteiger partial charge is 0.237 e. The van der Waals surface area contributed by atoms with E-state index in [-0.39, 0.29) is 17.9 Å². The summed E-state index contributed by atoms with van der Waals surface area (Å²) in [4.78, 5) is 28.4. The Bertz CT molecular complexity index is 807. The van der Waals surface area contributed by atoms with Crippen molar-refractivity contribution in [2.45, 2.75) is 57.8 Å². The molecule has 0 spiro atoms. The number of ether oxygens (including phenoxy) is 2. The zero-order valence-corrected chi connectivity index (χ0v) is 18.2. The molecular weight excluding hydrogens is 384 g/mol. The van der Waals surface area contributed by atoms with Crippen LogP contribution in [0.3, 0.4) is 0 Å². The standard InChI is InChI=1S/C21H32N6O3/c1-15(2)17-12-18(25-21(24-17)26-10-8-22-14-26)27-9-6-5-7-16(27)11-19(28)23-13-20(29-3)30-4/h8,10,12,14-16,20H,5-7,9,11,13H2,1-4H3,(H,23,28). The Morgan fingerprint density at radius 3 is 2.73 bits per heavy atom. The Labute approximate surface area is 177 Å². The fourth-order valence-electron chi connectivity index (χ4n) is 3.64. The van der Waals surface area contributed by atoms with Crippen LogP contribution >= 0.6 is 0 Å². The Morgan fingerprint density at radius 2 is 2.07 bits per heavy atom. The molecule has 1 aliphatic heterocycles. The summed E-state index contributed by atoms with van der Waals surface area (Å²) in [6.45, 7) is 5.43. The lowest BCUT2D eigenvalue weighted by molar-refractivity contribution is -0.127. The van der Waals surface area contributed by atoms with Gasteiger partial charge in [-0.2, -0.15) is 4.98 Å². The lowest BCUT2D eigenvalue weighted by Crippen LogP contribution is -2.44. The second kappa shape index (κ2) is 10.5. The number of carbonyl (C=O) groups is 1.